The highest BCUT2D eigenvalue weighted by molar-refractivity contribution is 5.96. The minimum atomic E-state index is -0.759. The summed E-state index contributed by atoms with van der Waals surface area (Å²) in [6, 6.07) is 14.8. The average molecular weight is 242 g/mol. The summed E-state index contributed by atoms with van der Waals surface area (Å²) in [6.07, 6.45) is 0. The first kappa shape index (κ1) is 12.1. The lowest BCUT2D eigenvalue weighted by Crippen LogP contribution is -2.27. The van der Waals surface area contributed by atoms with Gasteiger partial charge in [-0.25, -0.2) is 0 Å². The van der Waals surface area contributed by atoms with Crippen LogP contribution in [0.5, 0.6) is 5.75 Å². The first-order valence-electron chi connectivity index (χ1n) is 5.58. The normalized spacial score (nSPS) is 11.8. The standard InChI is InChI=1S/C14H14N2O2/c15-13(10-6-2-1-3-7-10)14(18)16-11-8-4-5-9-12(11)17/h1-9,13,17H,15H2,(H,16,18). The third kappa shape index (κ3) is 2.67. The van der Waals surface area contributed by atoms with Crippen LogP contribution in [0.15, 0.2) is 54.6 Å². The number of anilines is 1. The molecule has 0 aromatic heterocycles. The van der Waals surface area contributed by atoms with E-state index in [9.17, 15) is 9.90 Å². The number of carbonyl (C=O) groups excluding carboxylic acids is 1. The molecule has 4 N–H and O–H groups in total. The summed E-state index contributed by atoms with van der Waals surface area (Å²) in [6.45, 7) is 0. The summed E-state index contributed by atoms with van der Waals surface area (Å²) in [4.78, 5) is 11.9. The maximum Gasteiger partial charge on any atom is 0.245 e. The number of hydrogen-bond acceptors (Lipinski definition) is 3. The number of amides is 1. The topological polar surface area (TPSA) is 75.4 Å². The molecule has 0 saturated heterocycles. The van der Waals surface area contributed by atoms with E-state index in [0.717, 1.165) is 5.56 Å². The van der Waals surface area contributed by atoms with E-state index < -0.39 is 6.04 Å². The number of hydrogen-bond donors (Lipinski definition) is 3. The highest BCUT2D eigenvalue weighted by Gasteiger charge is 2.16. The number of benzene rings is 2. The van der Waals surface area contributed by atoms with Gasteiger partial charge in [0.25, 0.3) is 0 Å². The van der Waals surface area contributed by atoms with Crippen LogP contribution < -0.4 is 11.1 Å². The van der Waals surface area contributed by atoms with Crippen molar-refractivity contribution in [1.29, 1.82) is 0 Å². The highest BCUT2D eigenvalue weighted by Crippen LogP contribution is 2.22. The van der Waals surface area contributed by atoms with Crippen LogP contribution >= 0.6 is 0 Å². The molecule has 1 atom stereocenters. The van der Waals surface area contributed by atoms with Crippen LogP contribution in [0.4, 0.5) is 5.69 Å². The van der Waals surface area contributed by atoms with Crippen molar-refractivity contribution in [3.05, 3.63) is 60.2 Å². The zero-order chi connectivity index (χ0) is 13.0. The van der Waals surface area contributed by atoms with Crippen molar-refractivity contribution in [3.8, 4) is 5.75 Å². The zero-order valence-corrected chi connectivity index (χ0v) is 9.71. The van der Waals surface area contributed by atoms with Gasteiger partial charge in [-0.05, 0) is 17.7 Å². The Kier molecular flexibility index (Phi) is 3.60. The molecular weight excluding hydrogens is 228 g/mol. The molecule has 2 rings (SSSR count). The molecular formula is C14H14N2O2. The fourth-order valence-electron chi connectivity index (χ4n) is 1.60. The first-order chi connectivity index (χ1) is 8.68. The van der Waals surface area contributed by atoms with E-state index in [1.807, 2.05) is 18.2 Å². The molecule has 0 heterocycles. The number of para-hydroxylation sites is 2. The predicted molar refractivity (Wildman–Crippen MR) is 70.1 cm³/mol. The lowest BCUT2D eigenvalue weighted by molar-refractivity contribution is -0.117. The number of rotatable bonds is 3. The van der Waals surface area contributed by atoms with Crippen LogP contribution in [0.25, 0.3) is 0 Å². The molecule has 0 aliphatic carbocycles. The number of carbonyl (C=O) groups is 1. The van der Waals surface area contributed by atoms with Gasteiger partial charge in [-0.15, -0.1) is 0 Å². The highest BCUT2D eigenvalue weighted by atomic mass is 16.3. The van der Waals surface area contributed by atoms with Crippen LogP contribution in [-0.2, 0) is 4.79 Å². The lowest BCUT2D eigenvalue weighted by atomic mass is 10.1. The Hall–Kier alpha value is -2.33. The third-order valence-electron chi connectivity index (χ3n) is 2.60. The average Bonchev–Trinajstić information content (AvgIpc) is 2.41. The number of aromatic hydroxyl groups is 1. The third-order valence-corrected chi connectivity index (χ3v) is 2.60. The molecule has 0 aliphatic rings. The van der Waals surface area contributed by atoms with E-state index in [0.29, 0.717) is 5.69 Å². The van der Waals surface area contributed by atoms with E-state index in [1.54, 1.807) is 30.3 Å². The SMILES string of the molecule is NC(C(=O)Nc1ccccc1O)c1ccccc1. The van der Waals surface area contributed by atoms with Crippen molar-refractivity contribution in [2.45, 2.75) is 6.04 Å². The van der Waals surface area contributed by atoms with Crippen LogP contribution in [0.3, 0.4) is 0 Å². The lowest BCUT2D eigenvalue weighted by Gasteiger charge is -2.13. The molecule has 1 amide bonds. The van der Waals surface area contributed by atoms with Gasteiger partial charge in [0.1, 0.15) is 11.8 Å². The van der Waals surface area contributed by atoms with Gasteiger partial charge in [0.05, 0.1) is 5.69 Å². The monoisotopic (exact) mass is 242 g/mol. The van der Waals surface area contributed by atoms with Crippen molar-refractivity contribution >= 4 is 11.6 Å². The Morgan fingerprint density at radius 1 is 1.06 bits per heavy atom. The Balaban J connectivity index is 2.12. The van der Waals surface area contributed by atoms with Gasteiger partial charge in [0.2, 0.25) is 5.91 Å². The second-order valence-corrected chi connectivity index (χ2v) is 3.89. The molecule has 0 aliphatic heterocycles. The molecule has 1 unspecified atom stereocenters. The molecule has 2 aromatic carbocycles. The largest absolute Gasteiger partial charge is 0.506 e. The van der Waals surface area contributed by atoms with Crippen molar-refractivity contribution in [3.63, 3.8) is 0 Å². The Morgan fingerprint density at radius 3 is 2.33 bits per heavy atom. The van der Waals surface area contributed by atoms with E-state index >= 15 is 0 Å². The molecule has 0 spiro atoms. The summed E-state index contributed by atoms with van der Waals surface area (Å²) in [5.41, 5.74) is 6.93. The van der Waals surface area contributed by atoms with E-state index in [1.165, 1.54) is 6.07 Å². The van der Waals surface area contributed by atoms with E-state index in [4.69, 9.17) is 5.73 Å². The number of nitrogens with two attached hydrogens (primary N) is 1. The van der Waals surface area contributed by atoms with Gasteiger partial charge < -0.3 is 16.2 Å². The Bertz CT molecular complexity index is 541. The fourth-order valence-corrected chi connectivity index (χ4v) is 1.60. The maximum absolute atomic E-state index is 11.9. The summed E-state index contributed by atoms with van der Waals surface area (Å²) in [7, 11) is 0. The summed E-state index contributed by atoms with van der Waals surface area (Å²) < 4.78 is 0. The number of phenolic OH excluding ortho intramolecular Hbond substituents is 1. The summed E-state index contributed by atoms with van der Waals surface area (Å²) in [5.74, 6) is -0.339. The summed E-state index contributed by atoms with van der Waals surface area (Å²) >= 11 is 0. The first-order valence-corrected chi connectivity index (χ1v) is 5.58. The van der Waals surface area contributed by atoms with Crippen molar-refractivity contribution in [2.75, 3.05) is 5.32 Å². The molecule has 4 nitrogen and oxygen atoms in total. The number of nitrogens with one attached hydrogen (secondary N) is 1. The minimum Gasteiger partial charge on any atom is -0.506 e. The van der Waals surface area contributed by atoms with Crippen LogP contribution in [0, 0.1) is 0 Å². The van der Waals surface area contributed by atoms with E-state index in [-0.39, 0.29) is 11.7 Å². The van der Waals surface area contributed by atoms with Crippen LogP contribution in [-0.4, -0.2) is 11.0 Å². The van der Waals surface area contributed by atoms with Gasteiger partial charge in [0, 0.05) is 0 Å². The number of phenols is 1. The minimum absolute atomic E-state index is 0.0195. The van der Waals surface area contributed by atoms with E-state index in [2.05, 4.69) is 5.32 Å². The Labute approximate surface area is 105 Å². The second-order valence-electron chi connectivity index (χ2n) is 3.89. The molecule has 18 heavy (non-hydrogen) atoms. The maximum atomic E-state index is 11.9. The Morgan fingerprint density at radius 2 is 1.67 bits per heavy atom. The molecule has 2 aromatic rings. The van der Waals surface area contributed by atoms with Crippen molar-refractivity contribution < 1.29 is 9.90 Å². The smallest absolute Gasteiger partial charge is 0.245 e. The van der Waals surface area contributed by atoms with Gasteiger partial charge in [0.15, 0.2) is 0 Å². The molecule has 0 bridgehead atoms. The zero-order valence-electron chi connectivity index (χ0n) is 9.71. The van der Waals surface area contributed by atoms with Crippen molar-refractivity contribution in [1.82, 2.24) is 0 Å². The molecule has 0 radical (unpaired) electrons. The van der Waals surface area contributed by atoms with Gasteiger partial charge in [-0.1, -0.05) is 42.5 Å². The van der Waals surface area contributed by atoms with Crippen LogP contribution in [0.2, 0.25) is 0 Å². The van der Waals surface area contributed by atoms with Crippen LogP contribution in [0.1, 0.15) is 11.6 Å². The van der Waals surface area contributed by atoms with Gasteiger partial charge in [-0.2, -0.15) is 0 Å². The summed E-state index contributed by atoms with van der Waals surface area (Å²) in [5, 5.41) is 12.2. The molecule has 0 fully saturated rings. The fraction of sp³-hybridized carbons (Fsp3) is 0.0714. The molecule has 0 saturated carbocycles. The van der Waals surface area contributed by atoms with Crippen molar-refractivity contribution in [2.24, 2.45) is 5.73 Å². The quantitative estimate of drug-likeness (QED) is 0.721. The van der Waals surface area contributed by atoms with Gasteiger partial charge >= 0.3 is 0 Å². The second kappa shape index (κ2) is 5.33. The predicted octanol–water partition coefficient (Wildman–Crippen LogP) is 2.03. The molecule has 92 valence electrons. The van der Waals surface area contributed by atoms with Gasteiger partial charge in [-0.3, -0.25) is 4.79 Å². The molecule has 4 heteroatoms.